The van der Waals surface area contributed by atoms with Crippen molar-refractivity contribution in [3.05, 3.63) is 59.6 Å². The van der Waals surface area contributed by atoms with Crippen molar-refractivity contribution in [1.82, 2.24) is 10.6 Å². The van der Waals surface area contributed by atoms with Crippen molar-refractivity contribution in [2.75, 3.05) is 26.2 Å². The number of rotatable bonds is 10. The van der Waals surface area contributed by atoms with Crippen LogP contribution in [0.4, 0.5) is 8.78 Å². The summed E-state index contributed by atoms with van der Waals surface area (Å²) in [5.74, 6) is 0.359. The molecule has 0 unspecified atom stereocenters. The lowest BCUT2D eigenvalue weighted by atomic mass is 10.1. The number of ether oxygens (including phenoxy) is 1. The molecule has 0 radical (unpaired) electrons. The van der Waals surface area contributed by atoms with Crippen LogP contribution in [0.3, 0.4) is 0 Å². The fraction of sp³-hybridized carbons (Fsp3) is 0.421. The fourth-order valence-electron chi connectivity index (χ4n) is 2.35. The molecule has 2 N–H and O–H groups in total. The molecule has 27 heavy (non-hydrogen) atoms. The van der Waals surface area contributed by atoms with Gasteiger partial charge in [0.2, 0.25) is 0 Å². The minimum Gasteiger partial charge on any atom is -0.467 e. The first kappa shape index (κ1) is 23.4. The van der Waals surface area contributed by atoms with Gasteiger partial charge < -0.3 is 19.8 Å². The molecule has 0 aliphatic heterocycles. The molecule has 0 aliphatic carbocycles. The summed E-state index contributed by atoms with van der Waals surface area (Å²) >= 11 is 0. The fourth-order valence-corrected chi connectivity index (χ4v) is 2.35. The summed E-state index contributed by atoms with van der Waals surface area (Å²) in [6.45, 7) is 4.90. The second-order valence-corrected chi connectivity index (χ2v) is 5.70. The summed E-state index contributed by atoms with van der Waals surface area (Å²) < 4.78 is 37.0. The molecule has 0 bridgehead atoms. The lowest BCUT2D eigenvalue weighted by molar-refractivity contribution is 0.105. The van der Waals surface area contributed by atoms with Crippen LogP contribution in [0.15, 0.2) is 46.0 Å². The number of hydrogen-bond donors (Lipinski definition) is 2. The zero-order valence-electron chi connectivity index (χ0n) is 15.3. The van der Waals surface area contributed by atoms with E-state index in [-0.39, 0.29) is 24.0 Å². The van der Waals surface area contributed by atoms with Gasteiger partial charge in [-0.1, -0.05) is 0 Å². The molecule has 1 aromatic heterocycles. The van der Waals surface area contributed by atoms with Crippen molar-refractivity contribution >= 4 is 29.9 Å². The Morgan fingerprint density at radius 1 is 1.19 bits per heavy atom. The molecule has 5 nitrogen and oxygen atoms in total. The summed E-state index contributed by atoms with van der Waals surface area (Å²) in [6, 6.07) is 7.25. The Labute approximate surface area is 175 Å². The molecule has 0 atom stereocenters. The van der Waals surface area contributed by atoms with Crippen molar-refractivity contribution in [1.29, 1.82) is 0 Å². The van der Waals surface area contributed by atoms with Crippen molar-refractivity contribution in [3.8, 4) is 0 Å². The predicted molar refractivity (Wildman–Crippen MR) is 112 cm³/mol. The average molecular weight is 493 g/mol. The summed E-state index contributed by atoms with van der Waals surface area (Å²) in [5, 5.41) is 6.30. The van der Waals surface area contributed by atoms with Crippen LogP contribution in [0.1, 0.15) is 24.7 Å². The van der Waals surface area contributed by atoms with Gasteiger partial charge in [0, 0.05) is 32.3 Å². The lowest BCUT2D eigenvalue weighted by Crippen LogP contribution is -2.38. The minimum atomic E-state index is -0.560. The smallest absolute Gasteiger partial charge is 0.191 e. The largest absolute Gasteiger partial charge is 0.467 e. The van der Waals surface area contributed by atoms with Crippen LogP contribution in [0, 0.1) is 11.6 Å². The van der Waals surface area contributed by atoms with E-state index < -0.39 is 11.6 Å². The maximum Gasteiger partial charge on any atom is 0.191 e. The zero-order chi connectivity index (χ0) is 18.6. The number of nitrogens with zero attached hydrogens (tertiary/aromatic N) is 1. The zero-order valence-corrected chi connectivity index (χ0v) is 17.7. The highest BCUT2D eigenvalue weighted by atomic mass is 127. The van der Waals surface area contributed by atoms with Gasteiger partial charge in [-0.05, 0) is 49.6 Å². The molecule has 0 saturated heterocycles. The Balaban J connectivity index is 0.00000364. The first-order valence-electron chi connectivity index (χ1n) is 8.74. The summed E-state index contributed by atoms with van der Waals surface area (Å²) in [6.07, 6.45) is 2.91. The highest BCUT2D eigenvalue weighted by Crippen LogP contribution is 2.08. The maximum absolute atomic E-state index is 13.2. The standard InChI is InChI=1S/C19H25F2N3O2.HI/c1-2-22-19(23-7-4-9-25-14-18-5-3-10-26-18)24-8-6-15-11-16(20)13-17(21)12-15;/h3,5,10-13H,2,4,6-9,14H2,1H3,(H2,22,23,24);1H. The van der Waals surface area contributed by atoms with Crippen LogP contribution in [-0.2, 0) is 17.8 Å². The van der Waals surface area contributed by atoms with Crippen LogP contribution in [-0.4, -0.2) is 32.2 Å². The number of nitrogens with one attached hydrogen (secondary N) is 2. The van der Waals surface area contributed by atoms with E-state index in [1.54, 1.807) is 6.26 Å². The second-order valence-electron chi connectivity index (χ2n) is 5.70. The normalized spacial score (nSPS) is 11.1. The highest BCUT2D eigenvalue weighted by molar-refractivity contribution is 14.0. The van der Waals surface area contributed by atoms with Crippen molar-refractivity contribution in [2.45, 2.75) is 26.4 Å². The number of furan rings is 1. The van der Waals surface area contributed by atoms with Gasteiger partial charge in [-0.25, -0.2) is 8.78 Å². The molecule has 1 aromatic carbocycles. The second kappa shape index (κ2) is 13.5. The van der Waals surface area contributed by atoms with Crippen LogP contribution >= 0.6 is 24.0 Å². The topological polar surface area (TPSA) is 58.8 Å². The number of benzene rings is 1. The van der Waals surface area contributed by atoms with Crippen LogP contribution in [0.25, 0.3) is 0 Å². The monoisotopic (exact) mass is 493 g/mol. The Kier molecular flexibility index (Phi) is 11.7. The Bertz CT molecular complexity index is 661. The van der Waals surface area contributed by atoms with Gasteiger partial charge in [0.1, 0.15) is 24.0 Å². The van der Waals surface area contributed by atoms with Gasteiger partial charge in [0.25, 0.3) is 0 Å². The molecule has 0 spiro atoms. The number of guanidine groups is 1. The SMILES string of the molecule is CCNC(=NCCCOCc1ccco1)NCCc1cc(F)cc(F)c1.I. The third kappa shape index (κ3) is 9.71. The van der Waals surface area contributed by atoms with E-state index in [0.717, 1.165) is 24.8 Å². The molecular weight excluding hydrogens is 467 g/mol. The molecule has 2 aromatic rings. The van der Waals surface area contributed by atoms with Crippen LogP contribution < -0.4 is 10.6 Å². The third-order valence-electron chi connectivity index (χ3n) is 3.51. The van der Waals surface area contributed by atoms with Crippen LogP contribution in [0.2, 0.25) is 0 Å². The highest BCUT2D eigenvalue weighted by Gasteiger charge is 2.02. The Morgan fingerprint density at radius 3 is 2.63 bits per heavy atom. The van der Waals surface area contributed by atoms with Gasteiger partial charge in [0.15, 0.2) is 5.96 Å². The average Bonchev–Trinajstić information content (AvgIpc) is 3.10. The van der Waals surface area contributed by atoms with E-state index in [9.17, 15) is 8.78 Å². The number of halogens is 3. The maximum atomic E-state index is 13.2. The lowest BCUT2D eigenvalue weighted by Gasteiger charge is -2.11. The minimum absolute atomic E-state index is 0. The van der Waals surface area contributed by atoms with Gasteiger partial charge in [-0.2, -0.15) is 0 Å². The molecule has 0 amide bonds. The molecule has 150 valence electrons. The van der Waals surface area contributed by atoms with Gasteiger partial charge in [-0.3, -0.25) is 4.99 Å². The van der Waals surface area contributed by atoms with E-state index in [0.29, 0.717) is 44.2 Å². The van der Waals surface area contributed by atoms with E-state index >= 15 is 0 Å². The van der Waals surface area contributed by atoms with Gasteiger partial charge in [-0.15, -0.1) is 24.0 Å². The molecule has 0 aliphatic rings. The third-order valence-corrected chi connectivity index (χ3v) is 3.51. The quantitative estimate of drug-likeness (QED) is 0.228. The Morgan fingerprint density at radius 2 is 1.96 bits per heavy atom. The molecule has 2 rings (SSSR count). The first-order valence-corrected chi connectivity index (χ1v) is 8.74. The summed E-state index contributed by atoms with van der Waals surface area (Å²) in [7, 11) is 0. The first-order chi connectivity index (χ1) is 12.7. The molecule has 0 saturated carbocycles. The van der Waals surface area contributed by atoms with E-state index in [2.05, 4.69) is 15.6 Å². The van der Waals surface area contributed by atoms with Crippen molar-refractivity contribution in [3.63, 3.8) is 0 Å². The number of hydrogen-bond acceptors (Lipinski definition) is 3. The summed E-state index contributed by atoms with van der Waals surface area (Å²) in [5.41, 5.74) is 0.608. The molecular formula is C19H26F2IN3O2. The van der Waals surface area contributed by atoms with Gasteiger partial charge >= 0.3 is 0 Å². The van der Waals surface area contributed by atoms with E-state index in [1.807, 2.05) is 19.1 Å². The van der Waals surface area contributed by atoms with Gasteiger partial charge in [0.05, 0.1) is 6.26 Å². The van der Waals surface area contributed by atoms with Crippen LogP contribution in [0.5, 0.6) is 0 Å². The summed E-state index contributed by atoms with van der Waals surface area (Å²) in [4.78, 5) is 4.46. The Hall–Kier alpha value is -1.68. The van der Waals surface area contributed by atoms with E-state index in [4.69, 9.17) is 9.15 Å². The molecule has 0 fully saturated rings. The van der Waals surface area contributed by atoms with Crippen molar-refractivity contribution < 1.29 is 17.9 Å². The van der Waals surface area contributed by atoms with Crippen molar-refractivity contribution in [2.24, 2.45) is 4.99 Å². The molecule has 1 heterocycles. The number of aliphatic imine (C=N–C) groups is 1. The van der Waals surface area contributed by atoms with E-state index in [1.165, 1.54) is 12.1 Å². The molecule has 8 heteroatoms. The predicted octanol–water partition coefficient (Wildman–Crippen LogP) is 3.88.